The van der Waals surface area contributed by atoms with Crippen molar-refractivity contribution in [3.8, 4) is 0 Å². The maximum Gasteiger partial charge on any atom is 0.00957 e. The fourth-order valence-corrected chi connectivity index (χ4v) is 3.80. The standard InChI is InChI=1S/C22H50N4/c1-2-3-4-5-6-7-8-9-10-11-15-22(16-12-17-23)26(20-13-18-24)21-14-19-25/h22H,2-21,23-25H2,1H3. The average molecular weight is 371 g/mol. The maximum absolute atomic E-state index is 5.77. The SMILES string of the molecule is CCCCCCCCCCCCC(CCCN)N(CCCN)CCCN. The van der Waals surface area contributed by atoms with Gasteiger partial charge < -0.3 is 22.1 Å². The Hall–Kier alpha value is -0.160. The van der Waals surface area contributed by atoms with E-state index >= 15 is 0 Å². The summed E-state index contributed by atoms with van der Waals surface area (Å²) in [5.41, 5.74) is 17.3. The molecule has 6 N–H and O–H groups in total. The van der Waals surface area contributed by atoms with E-state index in [2.05, 4.69) is 11.8 Å². The summed E-state index contributed by atoms with van der Waals surface area (Å²) in [6.07, 6.45) is 19.9. The Kier molecular flexibility index (Phi) is 21.0. The van der Waals surface area contributed by atoms with Crippen LogP contribution >= 0.6 is 0 Å². The molecule has 0 amide bonds. The van der Waals surface area contributed by atoms with Crippen LogP contribution in [0.4, 0.5) is 0 Å². The van der Waals surface area contributed by atoms with E-state index in [0.29, 0.717) is 6.04 Å². The van der Waals surface area contributed by atoms with Gasteiger partial charge in [0.1, 0.15) is 0 Å². The van der Waals surface area contributed by atoms with E-state index in [0.717, 1.165) is 52.0 Å². The van der Waals surface area contributed by atoms with E-state index in [-0.39, 0.29) is 0 Å². The largest absolute Gasteiger partial charge is 0.330 e. The highest BCUT2D eigenvalue weighted by molar-refractivity contribution is 4.73. The molecule has 0 aliphatic carbocycles. The highest BCUT2D eigenvalue weighted by Gasteiger charge is 2.17. The van der Waals surface area contributed by atoms with Gasteiger partial charge in [0, 0.05) is 6.04 Å². The van der Waals surface area contributed by atoms with Gasteiger partial charge in [-0.3, -0.25) is 0 Å². The van der Waals surface area contributed by atoms with Crippen molar-refractivity contribution in [1.82, 2.24) is 4.90 Å². The molecule has 0 radical (unpaired) electrons. The minimum absolute atomic E-state index is 0.672. The van der Waals surface area contributed by atoms with Crippen molar-refractivity contribution >= 4 is 0 Å². The van der Waals surface area contributed by atoms with E-state index in [9.17, 15) is 0 Å². The topological polar surface area (TPSA) is 81.3 Å². The Balaban J connectivity index is 3.98. The smallest absolute Gasteiger partial charge is 0.00957 e. The van der Waals surface area contributed by atoms with Gasteiger partial charge in [-0.25, -0.2) is 0 Å². The molecule has 158 valence electrons. The molecule has 0 saturated carbocycles. The van der Waals surface area contributed by atoms with E-state index in [1.54, 1.807) is 0 Å². The third-order valence-electron chi connectivity index (χ3n) is 5.45. The van der Waals surface area contributed by atoms with Crippen LogP contribution < -0.4 is 17.2 Å². The maximum atomic E-state index is 5.77. The molecule has 0 heterocycles. The van der Waals surface area contributed by atoms with Crippen LogP contribution in [0, 0.1) is 0 Å². The minimum Gasteiger partial charge on any atom is -0.330 e. The van der Waals surface area contributed by atoms with Crippen LogP contribution in [0.15, 0.2) is 0 Å². The average Bonchev–Trinajstić information content (AvgIpc) is 2.66. The van der Waals surface area contributed by atoms with Gasteiger partial charge in [0.25, 0.3) is 0 Å². The molecular formula is C22H50N4. The van der Waals surface area contributed by atoms with E-state index in [1.807, 2.05) is 0 Å². The number of unbranched alkanes of at least 4 members (excludes halogenated alkanes) is 9. The van der Waals surface area contributed by atoms with Gasteiger partial charge in [-0.05, 0) is 64.8 Å². The Bertz CT molecular complexity index is 253. The van der Waals surface area contributed by atoms with Crippen LogP contribution in [0.3, 0.4) is 0 Å². The molecule has 0 spiro atoms. The summed E-state index contributed by atoms with van der Waals surface area (Å²) in [7, 11) is 0. The summed E-state index contributed by atoms with van der Waals surface area (Å²) in [5.74, 6) is 0. The first-order chi connectivity index (χ1) is 12.8. The zero-order chi connectivity index (χ0) is 19.3. The van der Waals surface area contributed by atoms with Crippen LogP contribution in [0.5, 0.6) is 0 Å². The molecule has 26 heavy (non-hydrogen) atoms. The first-order valence-electron chi connectivity index (χ1n) is 11.6. The monoisotopic (exact) mass is 370 g/mol. The number of rotatable bonds is 21. The van der Waals surface area contributed by atoms with Crippen molar-refractivity contribution in [3.63, 3.8) is 0 Å². The molecule has 0 rings (SSSR count). The predicted octanol–water partition coefficient (Wildman–Crippen LogP) is 4.40. The minimum atomic E-state index is 0.672. The molecule has 0 aliphatic rings. The van der Waals surface area contributed by atoms with Gasteiger partial charge in [0.2, 0.25) is 0 Å². The molecule has 0 aliphatic heterocycles. The molecule has 0 aromatic carbocycles. The Labute approximate surface area is 164 Å². The van der Waals surface area contributed by atoms with Gasteiger partial charge in [-0.2, -0.15) is 0 Å². The molecule has 0 saturated heterocycles. The molecule has 0 aromatic heterocycles. The lowest BCUT2D eigenvalue weighted by atomic mass is 9.99. The van der Waals surface area contributed by atoms with Crippen molar-refractivity contribution < 1.29 is 0 Å². The summed E-state index contributed by atoms with van der Waals surface area (Å²) in [6, 6.07) is 0.672. The lowest BCUT2D eigenvalue weighted by Crippen LogP contribution is -2.38. The van der Waals surface area contributed by atoms with Crippen LogP contribution in [-0.4, -0.2) is 43.7 Å². The zero-order valence-corrected chi connectivity index (χ0v) is 17.9. The van der Waals surface area contributed by atoms with Gasteiger partial charge in [-0.15, -0.1) is 0 Å². The van der Waals surface area contributed by atoms with Crippen LogP contribution in [0.2, 0.25) is 0 Å². The highest BCUT2D eigenvalue weighted by atomic mass is 15.1. The van der Waals surface area contributed by atoms with Crippen molar-refractivity contribution in [2.45, 2.75) is 109 Å². The highest BCUT2D eigenvalue weighted by Crippen LogP contribution is 2.18. The second-order valence-corrected chi connectivity index (χ2v) is 7.88. The van der Waals surface area contributed by atoms with E-state index < -0.39 is 0 Å². The van der Waals surface area contributed by atoms with Gasteiger partial charge in [0.05, 0.1) is 0 Å². The van der Waals surface area contributed by atoms with Gasteiger partial charge in [-0.1, -0.05) is 71.1 Å². The van der Waals surface area contributed by atoms with Crippen molar-refractivity contribution in [3.05, 3.63) is 0 Å². The summed E-state index contributed by atoms with van der Waals surface area (Å²) in [5, 5.41) is 0. The Morgan fingerprint density at radius 2 is 0.962 bits per heavy atom. The normalized spacial score (nSPS) is 12.8. The summed E-state index contributed by atoms with van der Waals surface area (Å²) < 4.78 is 0. The van der Waals surface area contributed by atoms with Crippen LogP contribution in [0.25, 0.3) is 0 Å². The van der Waals surface area contributed by atoms with Gasteiger partial charge >= 0.3 is 0 Å². The molecule has 1 unspecified atom stereocenters. The lowest BCUT2D eigenvalue weighted by Gasteiger charge is -2.32. The quantitative estimate of drug-likeness (QED) is 0.261. The molecular weight excluding hydrogens is 320 g/mol. The molecule has 4 heteroatoms. The summed E-state index contributed by atoms with van der Waals surface area (Å²) in [6.45, 7) is 6.87. The Morgan fingerprint density at radius 3 is 1.42 bits per heavy atom. The number of nitrogens with two attached hydrogens (primary N) is 3. The van der Waals surface area contributed by atoms with Crippen LogP contribution in [-0.2, 0) is 0 Å². The fourth-order valence-electron chi connectivity index (χ4n) is 3.80. The van der Waals surface area contributed by atoms with Crippen LogP contribution in [0.1, 0.15) is 103 Å². The Morgan fingerprint density at radius 1 is 0.538 bits per heavy atom. The number of hydrogen-bond acceptors (Lipinski definition) is 4. The zero-order valence-electron chi connectivity index (χ0n) is 17.9. The molecule has 4 nitrogen and oxygen atoms in total. The number of hydrogen-bond donors (Lipinski definition) is 3. The summed E-state index contributed by atoms with van der Waals surface area (Å²) in [4.78, 5) is 2.64. The van der Waals surface area contributed by atoms with Gasteiger partial charge in [0.15, 0.2) is 0 Å². The first-order valence-corrected chi connectivity index (χ1v) is 11.6. The molecule has 0 bridgehead atoms. The molecule has 0 fully saturated rings. The second kappa shape index (κ2) is 21.1. The molecule has 1 atom stereocenters. The van der Waals surface area contributed by atoms with E-state index in [1.165, 1.54) is 77.0 Å². The van der Waals surface area contributed by atoms with E-state index in [4.69, 9.17) is 17.2 Å². The molecule has 0 aromatic rings. The number of nitrogens with zero attached hydrogens (tertiary/aromatic N) is 1. The lowest BCUT2D eigenvalue weighted by molar-refractivity contribution is 0.169. The first kappa shape index (κ1) is 25.8. The third kappa shape index (κ3) is 16.0. The fraction of sp³-hybridized carbons (Fsp3) is 1.00. The summed E-state index contributed by atoms with van der Waals surface area (Å²) >= 11 is 0. The van der Waals surface area contributed by atoms with Crippen molar-refractivity contribution in [1.29, 1.82) is 0 Å². The van der Waals surface area contributed by atoms with Crippen molar-refractivity contribution in [2.24, 2.45) is 17.2 Å². The van der Waals surface area contributed by atoms with Crippen molar-refractivity contribution in [2.75, 3.05) is 32.7 Å². The third-order valence-corrected chi connectivity index (χ3v) is 5.45. The predicted molar refractivity (Wildman–Crippen MR) is 117 cm³/mol. The second-order valence-electron chi connectivity index (χ2n) is 7.88.